The number of hydrogen-bond donors (Lipinski definition) is 2. The average Bonchev–Trinajstić information content (AvgIpc) is 2.63. The van der Waals surface area contributed by atoms with Crippen molar-refractivity contribution in [1.82, 2.24) is 15.1 Å². The Morgan fingerprint density at radius 3 is 2.74 bits per heavy atom. The van der Waals surface area contributed by atoms with Crippen molar-refractivity contribution in [2.24, 2.45) is 0 Å². The number of piperidine rings is 1. The Kier molecular flexibility index (Phi) is 7.62. The van der Waals surface area contributed by atoms with Gasteiger partial charge in [-0.2, -0.15) is 0 Å². The van der Waals surface area contributed by atoms with E-state index in [1.54, 1.807) is 26.1 Å². The Labute approximate surface area is 161 Å². The lowest BCUT2D eigenvalue weighted by Gasteiger charge is -2.36. The average molecular weight is 377 g/mol. The number of likely N-dealkylation sites (tertiary alicyclic amines) is 1. The second-order valence-electron chi connectivity index (χ2n) is 7.36. The number of carbonyl (C=O) groups is 2. The van der Waals surface area contributed by atoms with Crippen LogP contribution in [0, 0.1) is 6.92 Å². The Balaban J connectivity index is 1.78. The molecule has 0 aromatic heterocycles. The number of amides is 2. The van der Waals surface area contributed by atoms with Crippen LogP contribution in [0.15, 0.2) is 18.2 Å². The molecule has 2 atom stereocenters. The first-order chi connectivity index (χ1) is 12.8. The van der Waals surface area contributed by atoms with Crippen LogP contribution in [0.5, 0.6) is 5.75 Å². The maximum Gasteiger partial charge on any atom is 0.236 e. The van der Waals surface area contributed by atoms with Crippen molar-refractivity contribution >= 4 is 11.8 Å². The first kappa shape index (κ1) is 21.2. The largest absolute Gasteiger partial charge is 0.496 e. The lowest BCUT2D eigenvalue weighted by molar-refractivity contribution is -0.131. The van der Waals surface area contributed by atoms with E-state index >= 15 is 0 Å². The molecule has 27 heavy (non-hydrogen) atoms. The number of carbonyl (C=O) groups excluding carboxylic acids is 2. The standard InChI is InChI=1S/C20H31N3O4/c1-14-5-6-15(11-18(14)27-4)7-8-19(25)21-16-9-10-23(12-17(16)24)13-20(26)22(2)3/h5-6,11,16-17,24H,7-10,12-13H2,1-4H3,(H,21,25)/t16-,17-/m1/s1. The number of aryl methyl sites for hydroxylation is 2. The minimum absolute atomic E-state index is 0.0122. The fourth-order valence-corrected chi connectivity index (χ4v) is 3.20. The lowest BCUT2D eigenvalue weighted by Crippen LogP contribution is -2.55. The molecular formula is C20H31N3O4. The van der Waals surface area contributed by atoms with Gasteiger partial charge in [-0.1, -0.05) is 12.1 Å². The number of benzene rings is 1. The minimum Gasteiger partial charge on any atom is -0.496 e. The fraction of sp³-hybridized carbons (Fsp3) is 0.600. The van der Waals surface area contributed by atoms with E-state index in [-0.39, 0.29) is 17.9 Å². The van der Waals surface area contributed by atoms with Gasteiger partial charge >= 0.3 is 0 Å². The molecule has 1 fully saturated rings. The Hall–Kier alpha value is -2.12. The van der Waals surface area contributed by atoms with Gasteiger partial charge in [0.05, 0.1) is 25.8 Å². The molecule has 7 nitrogen and oxygen atoms in total. The van der Waals surface area contributed by atoms with E-state index in [1.165, 1.54) is 0 Å². The van der Waals surface area contributed by atoms with Crippen LogP contribution in [0.25, 0.3) is 0 Å². The van der Waals surface area contributed by atoms with E-state index < -0.39 is 6.10 Å². The quantitative estimate of drug-likeness (QED) is 0.726. The number of ether oxygens (including phenoxy) is 1. The SMILES string of the molecule is COc1cc(CCC(=O)N[C@@H]2CCN(CC(=O)N(C)C)C[C@H]2O)ccc1C. The number of nitrogens with zero attached hydrogens (tertiary/aromatic N) is 2. The zero-order valence-corrected chi connectivity index (χ0v) is 16.7. The molecule has 0 aliphatic carbocycles. The zero-order valence-electron chi connectivity index (χ0n) is 16.7. The van der Waals surface area contributed by atoms with Crippen molar-refractivity contribution in [2.45, 2.75) is 38.3 Å². The van der Waals surface area contributed by atoms with Crippen LogP contribution >= 0.6 is 0 Å². The summed E-state index contributed by atoms with van der Waals surface area (Å²) in [4.78, 5) is 27.5. The molecule has 2 amide bonds. The number of hydrogen-bond acceptors (Lipinski definition) is 5. The summed E-state index contributed by atoms with van der Waals surface area (Å²) in [5, 5.41) is 13.3. The van der Waals surface area contributed by atoms with Crippen molar-refractivity contribution < 1.29 is 19.4 Å². The van der Waals surface area contributed by atoms with Gasteiger partial charge in [-0.05, 0) is 37.0 Å². The monoisotopic (exact) mass is 377 g/mol. The maximum absolute atomic E-state index is 12.3. The molecule has 0 radical (unpaired) electrons. The van der Waals surface area contributed by atoms with Crippen molar-refractivity contribution in [1.29, 1.82) is 0 Å². The molecule has 1 aromatic carbocycles. The van der Waals surface area contributed by atoms with E-state index in [9.17, 15) is 14.7 Å². The molecule has 2 rings (SSSR count). The Morgan fingerprint density at radius 2 is 2.11 bits per heavy atom. The van der Waals surface area contributed by atoms with Crippen molar-refractivity contribution in [3.05, 3.63) is 29.3 Å². The zero-order chi connectivity index (χ0) is 20.0. The van der Waals surface area contributed by atoms with Gasteiger partial charge < -0.3 is 20.1 Å². The van der Waals surface area contributed by atoms with Gasteiger partial charge in [0.15, 0.2) is 0 Å². The summed E-state index contributed by atoms with van der Waals surface area (Å²) in [6.45, 7) is 3.34. The van der Waals surface area contributed by atoms with Crippen molar-refractivity contribution in [3.63, 3.8) is 0 Å². The number of aliphatic hydroxyl groups excluding tert-OH is 1. The van der Waals surface area contributed by atoms with Crippen LogP contribution in [0.4, 0.5) is 0 Å². The lowest BCUT2D eigenvalue weighted by atomic mass is 10.0. The highest BCUT2D eigenvalue weighted by Gasteiger charge is 2.29. The molecule has 0 unspecified atom stereocenters. The number of rotatable bonds is 7. The highest BCUT2D eigenvalue weighted by atomic mass is 16.5. The maximum atomic E-state index is 12.3. The molecule has 0 bridgehead atoms. The van der Waals surface area contributed by atoms with Gasteiger partial charge in [-0.25, -0.2) is 0 Å². The van der Waals surface area contributed by atoms with Gasteiger partial charge in [0.25, 0.3) is 0 Å². The van der Waals surface area contributed by atoms with Crippen LogP contribution in [-0.4, -0.2) is 79.7 Å². The van der Waals surface area contributed by atoms with Gasteiger partial charge in [0, 0.05) is 33.6 Å². The number of methoxy groups -OCH3 is 1. The molecule has 1 aliphatic heterocycles. The highest BCUT2D eigenvalue weighted by Crippen LogP contribution is 2.20. The first-order valence-corrected chi connectivity index (χ1v) is 9.33. The summed E-state index contributed by atoms with van der Waals surface area (Å²) >= 11 is 0. The summed E-state index contributed by atoms with van der Waals surface area (Å²) in [6, 6.07) is 5.68. The highest BCUT2D eigenvalue weighted by molar-refractivity contribution is 5.78. The van der Waals surface area contributed by atoms with Crippen LogP contribution in [0.1, 0.15) is 24.0 Å². The summed E-state index contributed by atoms with van der Waals surface area (Å²) < 4.78 is 5.31. The molecule has 7 heteroatoms. The van der Waals surface area contributed by atoms with Crippen LogP contribution < -0.4 is 10.1 Å². The number of aliphatic hydroxyl groups is 1. The summed E-state index contributed by atoms with van der Waals surface area (Å²) in [5.41, 5.74) is 2.11. The Bertz CT molecular complexity index is 663. The van der Waals surface area contributed by atoms with Gasteiger partial charge in [0.1, 0.15) is 5.75 Å². The third kappa shape index (κ3) is 6.22. The third-order valence-corrected chi connectivity index (χ3v) is 4.98. The van der Waals surface area contributed by atoms with E-state index in [0.29, 0.717) is 38.9 Å². The molecule has 1 aliphatic rings. The smallest absolute Gasteiger partial charge is 0.236 e. The van der Waals surface area contributed by atoms with Gasteiger partial charge in [-0.15, -0.1) is 0 Å². The van der Waals surface area contributed by atoms with Crippen molar-refractivity contribution in [2.75, 3.05) is 40.8 Å². The number of β-amino-alcohol motifs (C(OH)–C–C–N with tert-alkyl or cyclic N) is 1. The molecule has 1 heterocycles. The second kappa shape index (κ2) is 9.71. The topological polar surface area (TPSA) is 82.1 Å². The van der Waals surface area contributed by atoms with Gasteiger partial charge in [-0.3, -0.25) is 14.5 Å². The molecule has 1 aromatic rings. The predicted octanol–water partition coefficient (Wildman–Crippen LogP) is 0.576. The molecular weight excluding hydrogens is 346 g/mol. The Morgan fingerprint density at radius 1 is 1.37 bits per heavy atom. The summed E-state index contributed by atoms with van der Waals surface area (Å²) in [6.07, 6.45) is 0.941. The molecule has 0 spiro atoms. The van der Waals surface area contributed by atoms with Crippen molar-refractivity contribution in [3.8, 4) is 5.75 Å². The van der Waals surface area contributed by atoms with Crippen LogP contribution in [0.2, 0.25) is 0 Å². The van der Waals surface area contributed by atoms with Crippen LogP contribution in [-0.2, 0) is 16.0 Å². The summed E-state index contributed by atoms with van der Waals surface area (Å²) in [7, 11) is 5.07. The normalized spacial score (nSPS) is 20.2. The molecule has 0 saturated carbocycles. The molecule has 2 N–H and O–H groups in total. The minimum atomic E-state index is -0.669. The predicted molar refractivity (Wildman–Crippen MR) is 104 cm³/mol. The van der Waals surface area contributed by atoms with E-state index in [4.69, 9.17) is 4.74 Å². The first-order valence-electron chi connectivity index (χ1n) is 9.33. The summed E-state index contributed by atoms with van der Waals surface area (Å²) in [5.74, 6) is 0.762. The van der Waals surface area contributed by atoms with E-state index in [2.05, 4.69) is 5.32 Å². The molecule has 150 valence electrons. The van der Waals surface area contributed by atoms with Gasteiger partial charge in [0.2, 0.25) is 11.8 Å². The van der Waals surface area contributed by atoms with E-state index in [0.717, 1.165) is 16.9 Å². The van der Waals surface area contributed by atoms with Crippen LogP contribution in [0.3, 0.4) is 0 Å². The third-order valence-electron chi connectivity index (χ3n) is 4.98. The second-order valence-corrected chi connectivity index (χ2v) is 7.36. The number of nitrogens with one attached hydrogen (secondary N) is 1. The number of likely N-dealkylation sites (N-methyl/N-ethyl adjacent to an activating group) is 1. The fourth-order valence-electron chi connectivity index (χ4n) is 3.20. The van der Waals surface area contributed by atoms with E-state index in [1.807, 2.05) is 30.0 Å². The molecule has 1 saturated heterocycles.